The summed E-state index contributed by atoms with van der Waals surface area (Å²) in [6, 6.07) is 7.14. The molecule has 1 aliphatic carbocycles. The molecule has 0 heterocycles. The fourth-order valence-electron chi connectivity index (χ4n) is 2.91. The van der Waals surface area contributed by atoms with Crippen molar-refractivity contribution in [2.75, 3.05) is 7.11 Å². The highest BCUT2D eigenvalue weighted by Crippen LogP contribution is 2.29. The maximum atomic E-state index is 12.2. The molecular weight excluding hydrogens is 256 g/mol. The summed E-state index contributed by atoms with van der Waals surface area (Å²) in [7, 11) is 1.54. The van der Waals surface area contributed by atoms with E-state index in [2.05, 4.69) is 0 Å². The summed E-state index contributed by atoms with van der Waals surface area (Å²) in [4.78, 5) is 12.2. The Balaban J connectivity index is 1.98. The number of aliphatic hydroxyl groups excluding tert-OH is 2. The Morgan fingerprint density at radius 3 is 2.55 bits per heavy atom. The molecule has 0 radical (unpaired) electrons. The van der Waals surface area contributed by atoms with Gasteiger partial charge in [-0.2, -0.15) is 0 Å². The van der Waals surface area contributed by atoms with Gasteiger partial charge in [0.15, 0.2) is 5.78 Å². The fraction of sp³-hybridized carbons (Fsp3) is 0.562. The van der Waals surface area contributed by atoms with Crippen LogP contribution in [0.3, 0.4) is 0 Å². The molecule has 0 aliphatic heterocycles. The minimum atomic E-state index is -0.496. The molecule has 1 aromatic carbocycles. The second kappa shape index (κ2) is 6.86. The molecule has 2 N–H and O–H groups in total. The van der Waals surface area contributed by atoms with Gasteiger partial charge in [-0.25, -0.2) is 0 Å². The Morgan fingerprint density at radius 2 is 1.90 bits per heavy atom. The minimum absolute atomic E-state index is 0.00702. The van der Waals surface area contributed by atoms with Crippen LogP contribution in [0, 0.1) is 5.92 Å². The molecule has 4 nitrogen and oxygen atoms in total. The number of para-hydroxylation sites is 1. The molecule has 0 amide bonds. The third-order valence-corrected chi connectivity index (χ3v) is 4.10. The highest BCUT2D eigenvalue weighted by Gasteiger charge is 2.31. The molecule has 0 aromatic heterocycles. The summed E-state index contributed by atoms with van der Waals surface area (Å²) in [6.45, 7) is 0. The number of hydrogen-bond acceptors (Lipinski definition) is 4. The van der Waals surface area contributed by atoms with Crippen LogP contribution in [0.25, 0.3) is 0 Å². The first-order valence-electron chi connectivity index (χ1n) is 7.16. The van der Waals surface area contributed by atoms with E-state index in [1.54, 1.807) is 25.3 Å². The molecule has 2 atom stereocenters. The van der Waals surface area contributed by atoms with Crippen LogP contribution in [-0.4, -0.2) is 35.3 Å². The van der Waals surface area contributed by atoms with E-state index in [-0.39, 0.29) is 11.7 Å². The predicted octanol–water partition coefficient (Wildman–Crippen LogP) is 2.18. The maximum absolute atomic E-state index is 12.2. The first-order valence-corrected chi connectivity index (χ1v) is 7.16. The van der Waals surface area contributed by atoms with Crippen LogP contribution in [-0.2, 0) is 0 Å². The lowest BCUT2D eigenvalue weighted by Gasteiger charge is -2.32. The van der Waals surface area contributed by atoms with Crippen LogP contribution in [0.5, 0.6) is 5.75 Å². The molecule has 0 bridgehead atoms. The molecule has 0 spiro atoms. The largest absolute Gasteiger partial charge is 0.496 e. The van der Waals surface area contributed by atoms with Gasteiger partial charge in [0.2, 0.25) is 0 Å². The van der Waals surface area contributed by atoms with Crippen molar-refractivity contribution in [2.24, 2.45) is 5.92 Å². The van der Waals surface area contributed by atoms with Crippen molar-refractivity contribution in [3.63, 3.8) is 0 Å². The maximum Gasteiger partial charge on any atom is 0.166 e. The lowest BCUT2D eigenvalue weighted by Crippen LogP contribution is -2.36. The van der Waals surface area contributed by atoms with Crippen molar-refractivity contribution in [2.45, 2.75) is 44.3 Å². The van der Waals surface area contributed by atoms with E-state index in [0.29, 0.717) is 37.0 Å². The van der Waals surface area contributed by atoms with E-state index in [9.17, 15) is 15.0 Å². The van der Waals surface area contributed by atoms with Crippen molar-refractivity contribution < 1.29 is 19.7 Å². The molecular formula is C16H22O4. The summed E-state index contributed by atoms with van der Waals surface area (Å²) >= 11 is 0. The molecule has 2 rings (SSSR count). The highest BCUT2D eigenvalue weighted by atomic mass is 16.5. The Bertz CT molecular complexity index is 448. The second-order valence-corrected chi connectivity index (χ2v) is 5.39. The summed E-state index contributed by atoms with van der Waals surface area (Å²) in [5, 5.41) is 19.9. The minimum Gasteiger partial charge on any atom is -0.496 e. The van der Waals surface area contributed by atoms with Gasteiger partial charge >= 0.3 is 0 Å². The average molecular weight is 278 g/mol. The summed E-state index contributed by atoms with van der Waals surface area (Å²) in [5.41, 5.74) is 0.565. The number of benzene rings is 1. The topological polar surface area (TPSA) is 66.8 Å². The van der Waals surface area contributed by atoms with Crippen LogP contribution in [0.15, 0.2) is 24.3 Å². The normalized spacial score (nSPS) is 26.2. The quantitative estimate of drug-likeness (QED) is 0.810. The van der Waals surface area contributed by atoms with Crippen LogP contribution >= 0.6 is 0 Å². The molecule has 20 heavy (non-hydrogen) atoms. The molecule has 2 unspecified atom stereocenters. The number of carbonyl (C=O) groups excluding carboxylic acids is 1. The van der Waals surface area contributed by atoms with Crippen molar-refractivity contribution in [1.29, 1.82) is 0 Å². The number of ketones is 1. The van der Waals surface area contributed by atoms with E-state index in [1.807, 2.05) is 6.07 Å². The van der Waals surface area contributed by atoms with Gasteiger partial charge in [0, 0.05) is 12.3 Å². The molecule has 1 aromatic rings. The van der Waals surface area contributed by atoms with Crippen LogP contribution in [0.4, 0.5) is 0 Å². The van der Waals surface area contributed by atoms with Crippen molar-refractivity contribution in [1.82, 2.24) is 0 Å². The molecule has 110 valence electrons. The number of rotatable bonds is 5. The second-order valence-electron chi connectivity index (χ2n) is 5.39. The molecule has 1 saturated carbocycles. The molecule has 4 heteroatoms. The summed E-state index contributed by atoms with van der Waals surface area (Å²) < 4.78 is 5.18. The predicted molar refractivity (Wildman–Crippen MR) is 75.9 cm³/mol. The number of aliphatic hydroxyl groups is 2. The van der Waals surface area contributed by atoms with E-state index in [0.717, 1.165) is 6.42 Å². The molecule has 0 saturated heterocycles. The number of Topliss-reactive ketones (excluding diaryl/α,β-unsaturated/α-hetero) is 1. The number of ether oxygens (including phenoxy) is 1. The third kappa shape index (κ3) is 3.38. The Morgan fingerprint density at radius 1 is 1.25 bits per heavy atom. The van der Waals surface area contributed by atoms with Gasteiger partial charge in [-0.05, 0) is 37.8 Å². The zero-order valence-corrected chi connectivity index (χ0v) is 11.8. The summed E-state index contributed by atoms with van der Waals surface area (Å²) in [6.07, 6.45) is 2.11. The first-order chi connectivity index (χ1) is 9.63. The monoisotopic (exact) mass is 278 g/mol. The van der Waals surface area contributed by atoms with Crippen LogP contribution in [0.1, 0.15) is 42.5 Å². The third-order valence-electron chi connectivity index (χ3n) is 4.10. The number of methoxy groups -OCH3 is 1. The highest BCUT2D eigenvalue weighted by molar-refractivity contribution is 5.98. The van der Waals surface area contributed by atoms with E-state index >= 15 is 0 Å². The Kier molecular flexibility index (Phi) is 5.15. The SMILES string of the molecule is COc1ccccc1C(=O)CCC1C(O)CCCC1O. The van der Waals surface area contributed by atoms with Crippen LogP contribution in [0.2, 0.25) is 0 Å². The molecule has 1 aliphatic rings. The number of carbonyl (C=O) groups is 1. The van der Waals surface area contributed by atoms with E-state index in [1.165, 1.54) is 0 Å². The van der Waals surface area contributed by atoms with Crippen LogP contribution < -0.4 is 4.74 Å². The zero-order chi connectivity index (χ0) is 14.5. The number of hydrogen-bond donors (Lipinski definition) is 2. The standard InChI is InChI=1S/C16H22O4/c1-20-16-8-3-2-5-12(16)15(19)10-9-11-13(17)6-4-7-14(11)18/h2-3,5,8,11,13-14,17-18H,4,6-7,9-10H2,1H3. The molecule has 1 fully saturated rings. The first kappa shape index (κ1) is 15.0. The lowest BCUT2D eigenvalue weighted by atomic mass is 9.80. The lowest BCUT2D eigenvalue weighted by molar-refractivity contribution is -0.0268. The Labute approximate surface area is 119 Å². The van der Waals surface area contributed by atoms with Crippen molar-refractivity contribution >= 4 is 5.78 Å². The van der Waals surface area contributed by atoms with Gasteiger partial charge in [0.25, 0.3) is 0 Å². The van der Waals surface area contributed by atoms with Gasteiger partial charge in [-0.15, -0.1) is 0 Å². The van der Waals surface area contributed by atoms with Gasteiger partial charge in [0.1, 0.15) is 5.75 Å². The van der Waals surface area contributed by atoms with E-state index < -0.39 is 12.2 Å². The van der Waals surface area contributed by atoms with Gasteiger partial charge in [-0.3, -0.25) is 4.79 Å². The van der Waals surface area contributed by atoms with E-state index in [4.69, 9.17) is 4.74 Å². The van der Waals surface area contributed by atoms with Crippen molar-refractivity contribution in [3.05, 3.63) is 29.8 Å². The van der Waals surface area contributed by atoms with Gasteiger partial charge < -0.3 is 14.9 Å². The van der Waals surface area contributed by atoms with Crippen molar-refractivity contribution in [3.8, 4) is 5.75 Å². The Hall–Kier alpha value is -1.39. The summed E-state index contributed by atoms with van der Waals surface area (Å²) in [5.74, 6) is 0.372. The zero-order valence-electron chi connectivity index (χ0n) is 11.8. The fourth-order valence-corrected chi connectivity index (χ4v) is 2.91. The average Bonchev–Trinajstić information content (AvgIpc) is 2.46. The van der Waals surface area contributed by atoms with Gasteiger partial charge in [-0.1, -0.05) is 12.1 Å². The van der Waals surface area contributed by atoms with Gasteiger partial charge in [0.05, 0.1) is 24.9 Å². The smallest absolute Gasteiger partial charge is 0.166 e.